The highest BCUT2D eigenvalue weighted by molar-refractivity contribution is 5.97. The summed E-state index contributed by atoms with van der Waals surface area (Å²) in [7, 11) is 0. The number of likely N-dealkylation sites (tertiary alicyclic amines) is 1. The molecule has 2 N–H and O–H groups in total. The first kappa shape index (κ1) is 12.9. The van der Waals surface area contributed by atoms with E-state index in [2.05, 4.69) is 0 Å². The molecule has 1 amide bonds. The number of β-amino-alcohol motifs (C(OH)–C–C–N with tert-alkyl or cyclic N) is 1. The Hall–Kier alpha value is -1.55. The molecule has 4 heteroatoms. The van der Waals surface area contributed by atoms with Crippen LogP contribution in [0.4, 0.5) is 0 Å². The molecule has 0 radical (unpaired) electrons. The maximum atomic E-state index is 12.2. The SMILES string of the molecule is Cc1cccc(C(=O)N2CC(O)(C(C)C)C2)c1O. The number of amides is 1. The van der Waals surface area contributed by atoms with Gasteiger partial charge < -0.3 is 15.1 Å². The van der Waals surface area contributed by atoms with Crippen LogP contribution in [0, 0.1) is 12.8 Å². The first-order valence-electron chi connectivity index (χ1n) is 6.15. The van der Waals surface area contributed by atoms with E-state index in [0.717, 1.165) is 0 Å². The van der Waals surface area contributed by atoms with Crippen molar-refractivity contribution in [2.75, 3.05) is 13.1 Å². The highest BCUT2D eigenvalue weighted by Crippen LogP contribution is 2.31. The second kappa shape index (κ2) is 4.28. The summed E-state index contributed by atoms with van der Waals surface area (Å²) in [4.78, 5) is 13.7. The molecule has 1 aromatic carbocycles. The quantitative estimate of drug-likeness (QED) is 0.836. The largest absolute Gasteiger partial charge is 0.507 e. The van der Waals surface area contributed by atoms with Crippen LogP contribution in [0.3, 0.4) is 0 Å². The molecule has 0 saturated carbocycles. The lowest BCUT2D eigenvalue weighted by Gasteiger charge is -2.49. The fraction of sp³-hybridized carbons (Fsp3) is 0.500. The molecular formula is C14H19NO3. The number of hydrogen-bond donors (Lipinski definition) is 2. The fourth-order valence-electron chi connectivity index (χ4n) is 2.13. The molecule has 0 unspecified atom stereocenters. The normalized spacial score (nSPS) is 17.7. The van der Waals surface area contributed by atoms with Gasteiger partial charge in [-0.05, 0) is 24.5 Å². The lowest BCUT2D eigenvalue weighted by atomic mass is 9.82. The highest BCUT2D eigenvalue weighted by atomic mass is 16.3. The number of benzene rings is 1. The topological polar surface area (TPSA) is 60.8 Å². The molecule has 0 atom stereocenters. The Labute approximate surface area is 107 Å². The van der Waals surface area contributed by atoms with E-state index < -0.39 is 5.60 Å². The molecule has 1 heterocycles. The number of aliphatic hydroxyl groups is 1. The Morgan fingerprint density at radius 1 is 1.39 bits per heavy atom. The van der Waals surface area contributed by atoms with Crippen LogP contribution in [0.15, 0.2) is 18.2 Å². The summed E-state index contributed by atoms with van der Waals surface area (Å²) in [5.41, 5.74) is 0.205. The average molecular weight is 249 g/mol. The van der Waals surface area contributed by atoms with Crippen molar-refractivity contribution in [3.63, 3.8) is 0 Å². The van der Waals surface area contributed by atoms with Crippen LogP contribution in [-0.2, 0) is 0 Å². The maximum Gasteiger partial charge on any atom is 0.257 e. The first-order chi connectivity index (χ1) is 8.35. The zero-order chi connectivity index (χ0) is 13.5. The number of phenolic OH excluding ortho intramolecular Hbond substituents is 1. The predicted molar refractivity (Wildman–Crippen MR) is 68.5 cm³/mol. The van der Waals surface area contributed by atoms with Gasteiger partial charge >= 0.3 is 0 Å². The predicted octanol–water partition coefficient (Wildman–Crippen LogP) is 1.54. The van der Waals surface area contributed by atoms with Gasteiger partial charge in [0.1, 0.15) is 11.4 Å². The van der Waals surface area contributed by atoms with Crippen molar-refractivity contribution in [3.05, 3.63) is 29.3 Å². The molecule has 0 bridgehead atoms. The molecule has 1 aliphatic rings. The number of phenols is 1. The molecular weight excluding hydrogens is 230 g/mol. The Morgan fingerprint density at radius 2 is 2.00 bits per heavy atom. The third-order valence-corrected chi connectivity index (χ3v) is 3.76. The van der Waals surface area contributed by atoms with E-state index in [0.29, 0.717) is 24.2 Å². The summed E-state index contributed by atoms with van der Waals surface area (Å²) in [6, 6.07) is 5.11. The minimum atomic E-state index is -0.783. The third kappa shape index (κ3) is 1.97. The van der Waals surface area contributed by atoms with Gasteiger partial charge in [-0.2, -0.15) is 0 Å². The van der Waals surface area contributed by atoms with E-state index in [1.807, 2.05) is 13.8 Å². The van der Waals surface area contributed by atoms with Gasteiger partial charge in [-0.1, -0.05) is 26.0 Å². The van der Waals surface area contributed by atoms with Gasteiger partial charge in [-0.15, -0.1) is 0 Å². The monoisotopic (exact) mass is 249 g/mol. The highest BCUT2D eigenvalue weighted by Gasteiger charge is 2.46. The Kier molecular flexibility index (Phi) is 3.07. The molecule has 1 aliphatic heterocycles. The minimum absolute atomic E-state index is 0.0301. The van der Waals surface area contributed by atoms with Crippen LogP contribution < -0.4 is 0 Å². The minimum Gasteiger partial charge on any atom is -0.507 e. The van der Waals surface area contributed by atoms with Crippen molar-refractivity contribution in [3.8, 4) is 5.75 Å². The van der Waals surface area contributed by atoms with Crippen LogP contribution in [0.2, 0.25) is 0 Å². The Balaban J connectivity index is 2.13. The Bertz CT molecular complexity index is 476. The van der Waals surface area contributed by atoms with Crippen LogP contribution >= 0.6 is 0 Å². The van der Waals surface area contributed by atoms with Crippen LogP contribution in [-0.4, -0.2) is 39.7 Å². The summed E-state index contributed by atoms with van der Waals surface area (Å²) in [5.74, 6) is -0.0725. The lowest BCUT2D eigenvalue weighted by molar-refractivity contribution is -0.110. The number of rotatable bonds is 2. The number of nitrogens with zero attached hydrogens (tertiary/aromatic N) is 1. The lowest BCUT2D eigenvalue weighted by Crippen LogP contribution is -2.65. The second-order valence-corrected chi connectivity index (χ2v) is 5.39. The standard InChI is InChI=1S/C14H19NO3/c1-9(2)14(18)7-15(8-14)13(17)11-6-4-5-10(3)12(11)16/h4-6,9,16,18H,7-8H2,1-3H3. The van der Waals surface area contributed by atoms with Crippen molar-refractivity contribution in [1.29, 1.82) is 0 Å². The van der Waals surface area contributed by atoms with E-state index in [1.165, 1.54) is 0 Å². The van der Waals surface area contributed by atoms with Crippen LogP contribution in [0.1, 0.15) is 29.8 Å². The molecule has 1 saturated heterocycles. The summed E-state index contributed by atoms with van der Waals surface area (Å²) in [5, 5.41) is 20.0. The van der Waals surface area contributed by atoms with Crippen LogP contribution in [0.5, 0.6) is 5.75 Å². The molecule has 0 aromatic heterocycles. The van der Waals surface area contributed by atoms with Crippen molar-refractivity contribution >= 4 is 5.91 Å². The number of carbonyl (C=O) groups excluding carboxylic acids is 1. The first-order valence-corrected chi connectivity index (χ1v) is 6.15. The summed E-state index contributed by atoms with van der Waals surface area (Å²) in [6.07, 6.45) is 0. The number of para-hydroxylation sites is 1. The van der Waals surface area contributed by atoms with Crippen molar-refractivity contribution < 1.29 is 15.0 Å². The second-order valence-electron chi connectivity index (χ2n) is 5.39. The fourth-order valence-corrected chi connectivity index (χ4v) is 2.13. The summed E-state index contributed by atoms with van der Waals surface area (Å²) in [6.45, 7) is 6.29. The van der Waals surface area contributed by atoms with Crippen molar-refractivity contribution in [1.82, 2.24) is 4.90 Å². The molecule has 0 aliphatic carbocycles. The van der Waals surface area contributed by atoms with Gasteiger partial charge in [0.2, 0.25) is 0 Å². The molecule has 1 fully saturated rings. The Morgan fingerprint density at radius 3 is 2.56 bits per heavy atom. The van der Waals surface area contributed by atoms with Gasteiger partial charge in [-0.3, -0.25) is 4.79 Å². The van der Waals surface area contributed by atoms with E-state index in [1.54, 1.807) is 30.0 Å². The van der Waals surface area contributed by atoms with E-state index in [4.69, 9.17) is 0 Å². The molecule has 4 nitrogen and oxygen atoms in total. The van der Waals surface area contributed by atoms with Crippen LogP contribution in [0.25, 0.3) is 0 Å². The molecule has 0 spiro atoms. The summed E-state index contributed by atoms with van der Waals surface area (Å²) >= 11 is 0. The molecule has 18 heavy (non-hydrogen) atoms. The number of hydrogen-bond acceptors (Lipinski definition) is 3. The van der Waals surface area contributed by atoms with Gasteiger partial charge in [0, 0.05) is 0 Å². The van der Waals surface area contributed by atoms with Crippen molar-refractivity contribution in [2.24, 2.45) is 5.92 Å². The van der Waals surface area contributed by atoms with Gasteiger partial charge in [0.25, 0.3) is 5.91 Å². The number of carbonyl (C=O) groups is 1. The van der Waals surface area contributed by atoms with E-state index in [-0.39, 0.29) is 17.6 Å². The maximum absolute atomic E-state index is 12.2. The van der Waals surface area contributed by atoms with Gasteiger partial charge in [0.15, 0.2) is 0 Å². The van der Waals surface area contributed by atoms with E-state index >= 15 is 0 Å². The number of aromatic hydroxyl groups is 1. The zero-order valence-electron chi connectivity index (χ0n) is 11.0. The van der Waals surface area contributed by atoms with E-state index in [9.17, 15) is 15.0 Å². The van der Waals surface area contributed by atoms with Crippen molar-refractivity contribution in [2.45, 2.75) is 26.4 Å². The molecule has 2 rings (SSSR count). The van der Waals surface area contributed by atoms with Gasteiger partial charge in [0.05, 0.1) is 18.7 Å². The molecule has 1 aromatic rings. The molecule has 98 valence electrons. The van der Waals surface area contributed by atoms with Gasteiger partial charge in [-0.25, -0.2) is 0 Å². The summed E-state index contributed by atoms with van der Waals surface area (Å²) < 4.78 is 0. The average Bonchev–Trinajstić information content (AvgIpc) is 2.27. The third-order valence-electron chi connectivity index (χ3n) is 3.76. The smallest absolute Gasteiger partial charge is 0.257 e. The number of aryl methyl sites for hydroxylation is 1. The zero-order valence-corrected chi connectivity index (χ0v) is 11.0.